The summed E-state index contributed by atoms with van der Waals surface area (Å²) in [5.41, 5.74) is 4.99. The van der Waals surface area contributed by atoms with Crippen molar-refractivity contribution >= 4 is 8.07 Å². The molecular weight excluding hydrogens is 148 g/mol. The van der Waals surface area contributed by atoms with Crippen LogP contribution in [-0.4, -0.2) is 8.07 Å². The summed E-state index contributed by atoms with van der Waals surface area (Å²) in [6.45, 7) is 13.6. The highest BCUT2D eigenvalue weighted by Crippen LogP contribution is 2.30. The molecule has 0 aromatic rings. The third-order valence-corrected chi connectivity index (χ3v) is 8.38. The van der Waals surface area contributed by atoms with E-state index in [9.17, 15) is 0 Å². The first-order valence-electron chi connectivity index (χ1n) is 4.39. The molecule has 0 aliphatic carbocycles. The second-order valence-electron chi connectivity index (χ2n) is 3.97. The third kappa shape index (κ3) is 2.38. The van der Waals surface area contributed by atoms with Gasteiger partial charge in [0.25, 0.3) is 0 Å². The van der Waals surface area contributed by atoms with Crippen molar-refractivity contribution in [3.8, 4) is 11.5 Å². The van der Waals surface area contributed by atoms with E-state index in [1.807, 2.05) is 6.92 Å². The van der Waals surface area contributed by atoms with Crippen molar-refractivity contribution in [2.45, 2.75) is 52.2 Å². The van der Waals surface area contributed by atoms with Crippen LogP contribution in [0, 0.1) is 11.5 Å². The number of hydrogen-bond donors (Lipinski definition) is 0. The van der Waals surface area contributed by atoms with Crippen LogP contribution in [0.25, 0.3) is 0 Å². The molecule has 0 aliphatic heterocycles. The molecule has 0 rings (SSSR count). The van der Waals surface area contributed by atoms with Crippen LogP contribution in [0.15, 0.2) is 0 Å². The summed E-state index contributed by atoms with van der Waals surface area (Å²) < 4.78 is 0. The molecular formula is C10H20Si. The molecule has 0 aliphatic rings. The first-order valence-corrected chi connectivity index (χ1v) is 7.04. The van der Waals surface area contributed by atoms with E-state index in [1.54, 1.807) is 0 Å². The molecule has 0 atom stereocenters. The van der Waals surface area contributed by atoms with E-state index in [1.165, 1.54) is 0 Å². The standard InChI is InChI=1S/C10H20Si/c1-7-8-11(6,9(2)3)10(4)5/h9-10H,1-6H3. The van der Waals surface area contributed by atoms with Gasteiger partial charge in [-0.25, -0.2) is 0 Å². The lowest BCUT2D eigenvalue weighted by atomic mass is 10.5. The fraction of sp³-hybridized carbons (Fsp3) is 0.800. The monoisotopic (exact) mass is 168 g/mol. The van der Waals surface area contributed by atoms with Crippen molar-refractivity contribution in [1.82, 2.24) is 0 Å². The fourth-order valence-corrected chi connectivity index (χ4v) is 3.67. The van der Waals surface area contributed by atoms with Crippen LogP contribution in [-0.2, 0) is 0 Å². The van der Waals surface area contributed by atoms with Gasteiger partial charge in [-0.1, -0.05) is 34.2 Å². The maximum atomic E-state index is 3.45. The van der Waals surface area contributed by atoms with Gasteiger partial charge in [-0.15, -0.1) is 11.5 Å². The summed E-state index contributed by atoms with van der Waals surface area (Å²) in [5, 5.41) is 0. The molecule has 0 spiro atoms. The van der Waals surface area contributed by atoms with Crippen molar-refractivity contribution < 1.29 is 0 Å². The van der Waals surface area contributed by atoms with Gasteiger partial charge in [-0.2, -0.15) is 0 Å². The van der Waals surface area contributed by atoms with Crippen LogP contribution in [0.4, 0.5) is 0 Å². The average Bonchev–Trinajstić information content (AvgIpc) is 1.87. The molecule has 0 aromatic heterocycles. The molecule has 0 saturated carbocycles. The van der Waals surface area contributed by atoms with Gasteiger partial charge in [-0.3, -0.25) is 0 Å². The first-order chi connectivity index (χ1) is 4.95. The molecule has 11 heavy (non-hydrogen) atoms. The van der Waals surface area contributed by atoms with E-state index in [0.29, 0.717) is 0 Å². The van der Waals surface area contributed by atoms with Gasteiger partial charge in [0.15, 0.2) is 0 Å². The minimum absolute atomic E-state index is 0.773. The summed E-state index contributed by atoms with van der Waals surface area (Å²) in [6, 6.07) is 0. The minimum Gasteiger partial charge on any atom is -0.131 e. The van der Waals surface area contributed by atoms with Crippen molar-refractivity contribution in [1.29, 1.82) is 0 Å². The van der Waals surface area contributed by atoms with Crippen molar-refractivity contribution in [2.75, 3.05) is 0 Å². The quantitative estimate of drug-likeness (QED) is 0.437. The molecule has 0 amide bonds. The van der Waals surface area contributed by atoms with Gasteiger partial charge in [0.2, 0.25) is 0 Å². The second kappa shape index (κ2) is 3.97. The molecule has 64 valence electrons. The van der Waals surface area contributed by atoms with Crippen LogP contribution in [0.2, 0.25) is 17.6 Å². The molecule has 0 unspecified atom stereocenters. The smallest absolute Gasteiger partial charge is 0.131 e. The summed E-state index contributed by atoms with van der Waals surface area (Å²) >= 11 is 0. The second-order valence-corrected chi connectivity index (χ2v) is 9.09. The molecule has 1 heteroatoms. The van der Waals surface area contributed by atoms with Gasteiger partial charge < -0.3 is 0 Å². The molecule has 0 aromatic carbocycles. The fourth-order valence-electron chi connectivity index (χ4n) is 1.22. The van der Waals surface area contributed by atoms with Crippen LogP contribution >= 0.6 is 0 Å². The van der Waals surface area contributed by atoms with Crippen LogP contribution in [0.5, 0.6) is 0 Å². The van der Waals surface area contributed by atoms with E-state index in [4.69, 9.17) is 0 Å². The Balaban J connectivity index is 4.62. The lowest BCUT2D eigenvalue weighted by molar-refractivity contribution is 0.920. The van der Waals surface area contributed by atoms with Gasteiger partial charge in [-0.05, 0) is 18.0 Å². The molecule has 0 saturated heterocycles. The van der Waals surface area contributed by atoms with Crippen LogP contribution in [0.1, 0.15) is 34.6 Å². The van der Waals surface area contributed by atoms with E-state index in [2.05, 4.69) is 45.7 Å². The Kier molecular flexibility index (Phi) is 3.89. The zero-order chi connectivity index (χ0) is 9.07. The Hall–Kier alpha value is -0.223. The zero-order valence-electron chi connectivity index (χ0n) is 8.65. The SMILES string of the molecule is CC#C[Si](C)(C(C)C)C(C)C. The Morgan fingerprint density at radius 3 is 1.45 bits per heavy atom. The predicted octanol–water partition coefficient (Wildman–Crippen LogP) is 3.45. The maximum Gasteiger partial charge on any atom is 0.140 e. The summed E-state index contributed by atoms with van der Waals surface area (Å²) in [5.74, 6) is 3.08. The van der Waals surface area contributed by atoms with E-state index < -0.39 is 8.07 Å². The highest BCUT2D eigenvalue weighted by molar-refractivity contribution is 6.88. The molecule has 0 fully saturated rings. The van der Waals surface area contributed by atoms with E-state index in [0.717, 1.165) is 11.1 Å². The normalized spacial score (nSPS) is 11.6. The molecule has 0 bridgehead atoms. The first kappa shape index (κ1) is 10.8. The lowest BCUT2D eigenvalue weighted by Gasteiger charge is -2.29. The largest absolute Gasteiger partial charge is 0.140 e. The summed E-state index contributed by atoms with van der Waals surface area (Å²) in [6.07, 6.45) is 0. The van der Waals surface area contributed by atoms with Crippen LogP contribution < -0.4 is 0 Å². The van der Waals surface area contributed by atoms with Gasteiger partial charge in [0, 0.05) is 0 Å². The average molecular weight is 168 g/mol. The Labute approximate surface area is 72.4 Å². The van der Waals surface area contributed by atoms with Gasteiger partial charge in [0.1, 0.15) is 8.07 Å². The molecule has 0 N–H and O–H groups in total. The van der Waals surface area contributed by atoms with E-state index >= 15 is 0 Å². The predicted molar refractivity (Wildman–Crippen MR) is 55.3 cm³/mol. The number of hydrogen-bond acceptors (Lipinski definition) is 0. The number of rotatable bonds is 2. The highest BCUT2D eigenvalue weighted by Gasteiger charge is 2.32. The molecule has 0 nitrogen and oxygen atoms in total. The van der Waals surface area contributed by atoms with Gasteiger partial charge in [0.05, 0.1) is 0 Å². The Morgan fingerprint density at radius 1 is 1.00 bits per heavy atom. The third-order valence-electron chi connectivity index (χ3n) is 2.79. The molecule has 0 radical (unpaired) electrons. The lowest BCUT2D eigenvalue weighted by Crippen LogP contribution is -2.35. The van der Waals surface area contributed by atoms with E-state index in [-0.39, 0.29) is 0 Å². The topological polar surface area (TPSA) is 0 Å². The van der Waals surface area contributed by atoms with Crippen molar-refractivity contribution in [2.24, 2.45) is 0 Å². The summed E-state index contributed by atoms with van der Waals surface area (Å²) in [7, 11) is -1.27. The highest BCUT2D eigenvalue weighted by atomic mass is 28.3. The minimum atomic E-state index is -1.27. The van der Waals surface area contributed by atoms with Crippen molar-refractivity contribution in [3.05, 3.63) is 0 Å². The Bertz CT molecular complexity index is 161. The van der Waals surface area contributed by atoms with Crippen molar-refractivity contribution in [3.63, 3.8) is 0 Å². The summed E-state index contributed by atoms with van der Waals surface area (Å²) in [4.78, 5) is 0. The zero-order valence-corrected chi connectivity index (χ0v) is 9.65. The maximum absolute atomic E-state index is 3.45. The Morgan fingerprint density at radius 2 is 1.36 bits per heavy atom. The van der Waals surface area contributed by atoms with Crippen LogP contribution in [0.3, 0.4) is 0 Å². The van der Waals surface area contributed by atoms with Gasteiger partial charge >= 0.3 is 0 Å². The molecule has 0 heterocycles.